The van der Waals surface area contributed by atoms with Crippen molar-refractivity contribution in [2.24, 2.45) is 0 Å². The predicted molar refractivity (Wildman–Crippen MR) is 85.9 cm³/mol. The topological polar surface area (TPSA) is 90.4 Å². The van der Waals surface area contributed by atoms with Crippen LogP contribution in [0.4, 0.5) is 0 Å². The van der Waals surface area contributed by atoms with Gasteiger partial charge in [0.05, 0.1) is 11.7 Å². The van der Waals surface area contributed by atoms with Crippen LogP contribution in [0.3, 0.4) is 0 Å². The molecule has 1 aromatic heterocycles. The van der Waals surface area contributed by atoms with Gasteiger partial charge in [-0.3, -0.25) is 14.3 Å². The Labute approximate surface area is 137 Å². The van der Waals surface area contributed by atoms with Crippen LogP contribution >= 0.6 is 0 Å². The lowest BCUT2D eigenvalue weighted by molar-refractivity contribution is -0.0340. The average molecular weight is 330 g/mol. The van der Waals surface area contributed by atoms with E-state index in [1.54, 1.807) is 18.2 Å². The zero-order valence-electron chi connectivity index (χ0n) is 13.2. The standard InChI is InChI=1S/C17H18N2O5/c1-11-3-2-4-12(9-11)16(21)23-10-13-5-6-15(24-13)19-8-7-14(20)18-17(19)22/h2-4,7-9,13,15H,5-6,10H2,1H3,(H,18,20,22). The van der Waals surface area contributed by atoms with Gasteiger partial charge in [0.15, 0.2) is 0 Å². The highest BCUT2D eigenvalue weighted by atomic mass is 16.6. The molecule has 0 radical (unpaired) electrons. The molecule has 2 unspecified atom stereocenters. The number of aromatic nitrogens is 2. The van der Waals surface area contributed by atoms with Gasteiger partial charge in [-0.05, 0) is 31.9 Å². The van der Waals surface area contributed by atoms with Gasteiger partial charge in [0.1, 0.15) is 12.8 Å². The van der Waals surface area contributed by atoms with Crippen molar-refractivity contribution in [1.82, 2.24) is 9.55 Å². The minimum absolute atomic E-state index is 0.126. The molecule has 1 aliphatic heterocycles. The normalized spacial score (nSPS) is 20.0. The summed E-state index contributed by atoms with van der Waals surface area (Å²) in [5.74, 6) is -0.396. The molecule has 1 saturated heterocycles. The third kappa shape index (κ3) is 3.62. The number of carbonyl (C=O) groups is 1. The molecule has 1 aliphatic rings. The number of rotatable bonds is 4. The number of carbonyl (C=O) groups excluding carboxylic acids is 1. The number of ether oxygens (including phenoxy) is 2. The SMILES string of the molecule is Cc1cccc(C(=O)OCC2CCC(n3ccc(=O)[nH]c3=O)O2)c1. The zero-order chi connectivity index (χ0) is 17.1. The summed E-state index contributed by atoms with van der Waals surface area (Å²) in [7, 11) is 0. The van der Waals surface area contributed by atoms with Crippen molar-refractivity contribution in [2.45, 2.75) is 32.1 Å². The molecular weight excluding hydrogens is 312 g/mol. The third-order valence-electron chi connectivity index (χ3n) is 3.90. The lowest BCUT2D eigenvalue weighted by Gasteiger charge is -2.15. The van der Waals surface area contributed by atoms with Crippen LogP contribution < -0.4 is 11.2 Å². The molecule has 0 spiro atoms. The van der Waals surface area contributed by atoms with Crippen molar-refractivity contribution in [3.8, 4) is 0 Å². The minimum atomic E-state index is -0.509. The smallest absolute Gasteiger partial charge is 0.338 e. The summed E-state index contributed by atoms with van der Waals surface area (Å²) >= 11 is 0. The number of aryl methyl sites for hydroxylation is 1. The van der Waals surface area contributed by atoms with Gasteiger partial charge < -0.3 is 9.47 Å². The summed E-state index contributed by atoms with van der Waals surface area (Å²) in [5, 5.41) is 0. The van der Waals surface area contributed by atoms with Gasteiger partial charge in [-0.2, -0.15) is 0 Å². The molecule has 7 heteroatoms. The molecule has 1 fully saturated rings. The Bertz CT molecular complexity index is 854. The molecule has 0 amide bonds. The fourth-order valence-corrected chi connectivity index (χ4v) is 2.69. The molecular formula is C17H18N2O5. The van der Waals surface area contributed by atoms with E-state index in [1.165, 1.54) is 16.8 Å². The largest absolute Gasteiger partial charge is 0.459 e. The van der Waals surface area contributed by atoms with Crippen LogP contribution in [0.1, 0.15) is 35.0 Å². The molecule has 24 heavy (non-hydrogen) atoms. The first kappa shape index (κ1) is 16.2. The van der Waals surface area contributed by atoms with E-state index in [0.29, 0.717) is 18.4 Å². The third-order valence-corrected chi connectivity index (χ3v) is 3.90. The predicted octanol–water partition coefficient (Wildman–Crippen LogP) is 1.38. The molecule has 2 atom stereocenters. The summed E-state index contributed by atoms with van der Waals surface area (Å²) in [6.07, 6.45) is 1.95. The van der Waals surface area contributed by atoms with E-state index < -0.39 is 23.4 Å². The van der Waals surface area contributed by atoms with Crippen LogP contribution in [-0.2, 0) is 9.47 Å². The van der Waals surface area contributed by atoms with E-state index in [1.807, 2.05) is 13.0 Å². The molecule has 1 N–H and O–H groups in total. The van der Waals surface area contributed by atoms with Crippen LogP contribution in [0.5, 0.6) is 0 Å². The molecule has 0 saturated carbocycles. The van der Waals surface area contributed by atoms with E-state index in [0.717, 1.165) is 5.56 Å². The monoisotopic (exact) mass is 330 g/mol. The van der Waals surface area contributed by atoms with Gasteiger partial charge in [0, 0.05) is 12.3 Å². The Hall–Kier alpha value is -2.67. The summed E-state index contributed by atoms with van der Waals surface area (Å²) in [6, 6.07) is 8.45. The van der Waals surface area contributed by atoms with Gasteiger partial charge in [-0.1, -0.05) is 17.7 Å². The summed E-state index contributed by atoms with van der Waals surface area (Å²) in [5.41, 5.74) is 0.531. The molecule has 2 heterocycles. The van der Waals surface area contributed by atoms with Crippen LogP contribution in [-0.4, -0.2) is 28.2 Å². The number of benzene rings is 1. The van der Waals surface area contributed by atoms with E-state index in [9.17, 15) is 14.4 Å². The fourth-order valence-electron chi connectivity index (χ4n) is 2.69. The highest BCUT2D eigenvalue weighted by Crippen LogP contribution is 2.27. The summed E-state index contributed by atoms with van der Waals surface area (Å²) in [4.78, 5) is 37.1. The lowest BCUT2D eigenvalue weighted by atomic mass is 10.1. The average Bonchev–Trinajstić information content (AvgIpc) is 3.01. The lowest BCUT2D eigenvalue weighted by Crippen LogP contribution is -2.31. The molecule has 1 aromatic carbocycles. The van der Waals surface area contributed by atoms with E-state index in [-0.39, 0.29) is 12.7 Å². The van der Waals surface area contributed by atoms with E-state index >= 15 is 0 Å². The number of aromatic amines is 1. The molecule has 3 rings (SSSR count). The van der Waals surface area contributed by atoms with Gasteiger partial charge in [0.25, 0.3) is 5.56 Å². The Kier molecular flexibility index (Phi) is 4.61. The number of hydrogen-bond acceptors (Lipinski definition) is 5. The second kappa shape index (κ2) is 6.84. The van der Waals surface area contributed by atoms with Crippen molar-refractivity contribution in [1.29, 1.82) is 0 Å². The summed E-state index contributed by atoms with van der Waals surface area (Å²) < 4.78 is 12.4. The second-order valence-electron chi connectivity index (χ2n) is 5.78. The van der Waals surface area contributed by atoms with E-state index in [4.69, 9.17) is 9.47 Å². The van der Waals surface area contributed by atoms with Gasteiger partial charge in [-0.25, -0.2) is 9.59 Å². The van der Waals surface area contributed by atoms with Crippen LogP contribution in [0.15, 0.2) is 46.1 Å². The first-order valence-electron chi connectivity index (χ1n) is 7.73. The molecule has 0 aliphatic carbocycles. The number of H-pyrrole nitrogens is 1. The maximum atomic E-state index is 12.0. The number of nitrogens with zero attached hydrogens (tertiary/aromatic N) is 1. The highest BCUT2D eigenvalue weighted by molar-refractivity contribution is 5.89. The van der Waals surface area contributed by atoms with Crippen LogP contribution in [0.25, 0.3) is 0 Å². The molecule has 2 aromatic rings. The van der Waals surface area contributed by atoms with E-state index in [2.05, 4.69) is 4.98 Å². The Morgan fingerprint density at radius 3 is 2.92 bits per heavy atom. The Morgan fingerprint density at radius 1 is 1.33 bits per heavy atom. The fraction of sp³-hybridized carbons (Fsp3) is 0.353. The maximum Gasteiger partial charge on any atom is 0.338 e. The van der Waals surface area contributed by atoms with Crippen molar-refractivity contribution >= 4 is 5.97 Å². The van der Waals surface area contributed by atoms with Crippen molar-refractivity contribution in [3.05, 3.63) is 68.5 Å². The molecule has 7 nitrogen and oxygen atoms in total. The van der Waals surface area contributed by atoms with Gasteiger partial charge in [-0.15, -0.1) is 0 Å². The Morgan fingerprint density at radius 2 is 2.17 bits per heavy atom. The van der Waals surface area contributed by atoms with Gasteiger partial charge >= 0.3 is 11.7 Å². The minimum Gasteiger partial charge on any atom is -0.459 e. The van der Waals surface area contributed by atoms with Crippen molar-refractivity contribution < 1.29 is 14.3 Å². The first-order chi connectivity index (χ1) is 11.5. The zero-order valence-corrected chi connectivity index (χ0v) is 13.2. The molecule has 0 bridgehead atoms. The Balaban J connectivity index is 1.57. The van der Waals surface area contributed by atoms with Crippen LogP contribution in [0, 0.1) is 6.92 Å². The highest BCUT2D eigenvalue weighted by Gasteiger charge is 2.28. The molecule has 126 valence electrons. The maximum absolute atomic E-state index is 12.0. The summed E-state index contributed by atoms with van der Waals surface area (Å²) in [6.45, 7) is 2.03. The number of nitrogens with one attached hydrogen (secondary N) is 1. The van der Waals surface area contributed by atoms with Crippen LogP contribution in [0.2, 0.25) is 0 Å². The number of esters is 1. The van der Waals surface area contributed by atoms with Crippen molar-refractivity contribution in [2.75, 3.05) is 6.61 Å². The van der Waals surface area contributed by atoms with Gasteiger partial charge in [0.2, 0.25) is 0 Å². The number of hydrogen-bond donors (Lipinski definition) is 1. The first-order valence-corrected chi connectivity index (χ1v) is 7.73. The second-order valence-corrected chi connectivity index (χ2v) is 5.78. The quantitative estimate of drug-likeness (QED) is 0.855. The van der Waals surface area contributed by atoms with Crippen molar-refractivity contribution in [3.63, 3.8) is 0 Å².